The first kappa shape index (κ1) is 14.1. The molecule has 1 N–H and O–H groups in total. The molecule has 1 aromatic carbocycles. The highest BCUT2D eigenvalue weighted by atomic mass is 35.5. The molecule has 0 aliphatic carbocycles. The van der Waals surface area contributed by atoms with Gasteiger partial charge >= 0.3 is 0 Å². The van der Waals surface area contributed by atoms with Crippen molar-refractivity contribution in [1.29, 1.82) is 0 Å². The third-order valence-electron chi connectivity index (χ3n) is 3.90. The highest BCUT2D eigenvalue weighted by molar-refractivity contribution is 6.31. The van der Waals surface area contributed by atoms with Gasteiger partial charge in [0.2, 0.25) is 5.91 Å². The van der Waals surface area contributed by atoms with Gasteiger partial charge in [0.05, 0.1) is 5.69 Å². The fourth-order valence-corrected chi connectivity index (χ4v) is 3.24. The number of carbonyl (C=O) groups is 1. The zero-order valence-corrected chi connectivity index (χ0v) is 13.1. The number of aromatic nitrogens is 2. The molecule has 0 saturated heterocycles. The maximum Gasteiger partial charge on any atom is 0.226 e. The van der Waals surface area contributed by atoms with E-state index in [4.69, 9.17) is 11.6 Å². The van der Waals surface area contributed by atoms with Crippen LogP contribution in [0.25, 0.3) is 0 Å². The number of rotatable bonds is 2. The number of carbonyl (C=O) groups excluding carboxylic acids is 1. The lowest BCUT2D eigenvalue weighted by Crippen LogP contribution is -2.25. The molecule has 2 aromatic rings. The van der Waals surface area contributed by atoms with Crippen molar-refractivity contribution in [3.05, 3.63) is 46.1 Å². The predicted octanol–water partition coefficient (Wildman–Crippen LogP) is 3.90. The lowest BCUT2D eigenvalue weighted by Gasteiger charge is -2.25. The molecule has 21 heavy (non-hydrogen) atoms. The summed E-state index contributed by atoms with van der Waals surface area (Å²) in [6.07, 6.45) is 0.404. The largest absolute Gasteiger partial charge is 0.311 e. The Hall–Kier alpha value is -1.81. The number of halogens is 1. The van der Waals surface area contributed by atoms with E-state index in [1.165, 1.54) is 0 Å². The van der Waals surface area contributed by atoms with Gasteiger partial charge in [-0.2, -0.15) is 5.10 Å². The van der Waals surface area contributed by atoms with Crippen LogP contribution in [0, 0.1) is 6.92 Å². The summed E-state index contributed by atoms with van der Waals surface area (Å²) in [4.78, 5) is 12.1. The first-order valence-electron chi connectivity index (χ1n) is 7.12. The third-order valence-corrected chi connectivity index (χ3v) is 4.24. The van der Waals surface area contributed by atoms with E-state index in [1.54, 1.807) is 0 Å². The van der Waals surface area contributed by atoms with Crippen LogP contribution in [0.1, 0.15) is 49.0 Å². The number of hydrogen-bond donors (Lipinski definition) is 1. The summed E-state index contributed by atoms with van der Waals surface area (Å²) in [5.74, 6) is 0.785. The molecule has 4 nitrogen and oxygen atoms in total. The van der Waals surface area contributed by atoms with E-state index >= 15 is 0 Å². The zero-order valence-electron chi connectivity index (χ0n) is 12.4. The van der Waals surface area contributed by atoms with Crippen molar-refractivity contribution in [3.63, 3.8) is 0 Å². The van der Waals surface area contributed by atoms with Crippen molar-refractivity contribution in [2.45, 2.75) is 39.2 Å². The van der Waals surface area contributed by atoms with Crippen LogP contribution in [0.3, 0.4) is 0 Å². The van der Waals surface area contributed by atoms with Crippen molar-refractivity contribution in [1.82, 2.24) is 9.78 Å². The average molecular weight is 304 g/mol. The summed E-state index contributed by atoms with van der Waals surface area (Å²) in [7, 11) is 0. The summed E-state index contributed by atoms with van der Waals surface area (Å²) in [5, 5.41) is 8.25. The van der Waals surface area contributed by atoms with Crippen LogP contribution in [0.2, 0.25) is 5.02 Å². The van der Waals surface area contributed by atoms with Crippen LogP contribution in [-0.2, 0) is 4.79 Å². The lowest BCUT2D eigenvalue weighted by atomic mass is 9.86. The SMILES string of the molecule is Cc1nn(C(C)C)c2c1C(c1ccccc1Cl)CC(=O)N2. The number of nitrogens with one attached hydrogen (secondary N) is 1. The summed E-state index contributed by atoms with van der Waals surface area (Å²) < 4.78 is 1.88. The minimum atomic E-state index is -0.0325. The van der Waals surface area contributed by atoms with Crippen molar-refractivity contribution in [2.24, 2.45) is 0 Å². The lowest BCUT2D eigenvalue weighted by molar-refractivity contribution is -0.116. The molecule has 1 aliphatic heterocycles. The van der Waals surface area contributed by atoms with Gasteiger partial charge < -0.3 is 5.32 Å². The van der Waals surface area contributed by atoms with E-state index in [-0.39, 0.29) is 17.9 Å². The maximum absolute atomic E-state index is 12.1. The van der Waals surface area contributed by atoms with Crippen LogP contribution in [0.5, 0.6) is 0 Å². The number of benzene rings is 1. The minimum absolute atomic E-state index is 0.00854. The van der Waals surface area contributed by atoms with Gasteiger partial charge in [0.25, 0.3) is 0 Å². The van der Waals surface area contributed by atoms with Gasteiger partial charge in [0, 0.05) is 29.0 Å². The van der Waals surface area contributed by atoms with Crippen LogP contribution >= 0.6 is 11.6 Å². The number of fused-ring (bicyclic) bond motifs is 1. The number of aryl methyl sites for hydroxylation is 1. The molecule has 0 fully saturated rings. The second kappa shape index (κ2) is 5.19. The average Bonchev–Trinajstić information content (AvgIpc) is 2.76. The van der Waals surface area contributed by atoms with Gasteiger partial charge in [-0.3, -0.25) is 4.79 Å². The summed E-state index contributed by atoms with van der Waals surface area (Å²) in [5.41, 5.74) is 3.02. The van der Waals surface area contributed by atoms with Crippen molar-refractivity contribution in [2.75, 3.05) is 5.32 Å². The Morgan fingerprint density at radius 2 is 2.10 bits per heavy atom. The number of amides is 1. The number of nitrogens with zero attached hydrogens (tertiary/aromatic N) is 2. The van der Waals surface area contributed by atoms with E-state index in [0.29, 0.717) is 11.4 Å². The number of hydrogen-bond acceptors (Lipinski definition) is 2. The van der Waals surface area contributed by atoms with Crippen LogP contribution in [-0.4, -0.2) is 15.7 Å². The van der Waals surface area contributed by atoms with Crippen molar-refractivity contribution < 1.29 is 4.79 Å². The quantitative estimate of drug-likeness (QED) is 0.914. The summed E-state index contributed by atoms with van der Waals surface area (Å²) in [6, 6.07) is 7.90. The molecule has 1 aliphatic rings. The molecule has 3 rings (SSSR count). The Labute approximate surface area is 129 Å². The Kier molecular flexibility index (Phi) is 3.49. The Bertz CT molecular complexity index is 706. The fraction of sp³-hybridized carbons (Fsp3) is 0.375. The Morgan fingerprint density at radius 3 is 2.76 bits per heavy atom. The minimum Gasteiger partial charge on any atom is -0.311 e. The smallest absolute Gasteiger partial charge is 0.226 e. The zero-order chi connectivity index (χ0) is 15.1. The molecular formula is C16H18ClN3O. The fourth-order valence-electron chi connectivity index (χ4n) is 2.97. The van der Waals surface area contributed by atoms with Crippen LogP contribution < -0.4 is 5.32 Å². The van der Waals surface area contributed by atoms with Gasteiger partial charge in [-0.25, -0.2) is 4.68 Å². The Balaban J connectivity index is 2.19. The second-order valence-electron chi connectivity index (χ2n) is 5.71. The Morgan fingerprint density at radius 1 is 1.38 bits per heavy atom. The maximum atomic E-state index is 12.1. The monoisotopic (exact) mass is 303 g/mol. The predicted molar refractivity (Wildman–Crippen MR) is 83.9 cm³/mol. The molecular weight excluding hydrogens is 286 g/mol. The molecule has 1 unspecified atom stereocenters. The van der Waals surface area contributed by atoms with E-state index in [9.17, 15) is 4.79 Å². The van der Waals surface area contributed by atoms with Crippen molar-refractivity contribution >= 4 is 23.3 Å². The highest BCUT2D eigenvalue weighted by Crippen LogP contribution is 2.42. The summed E-state index contributed by atoms with van der Waals surface area (Å²) >= 11 is 6.33. The van der Waals surface area contributed by atoms with Gasteiger partial charge in [0.1, 0.15) is 5.82 Å². The normalized spacial score (nSPS) is 17.8. The molecule has 0 bridgehead atoms. The van der Waals surface area contributed by atoms with E-state index < -0.39 is 0 Å². The topological polar surface area (TPSA) is 46.9 Å². The third kappa shape index (κ3) is 2.33. The van der Waals surface area contributed by atoms with Crippen LogP contribution in [0.15, 0.2) is 24.3 Å². The molecule has 2 heterocycles. The number of anilines is 1. The first-order chi connectivity index (χ1) is 9.99. The van der Waals surface area contributed by atoms with E-state index in [0.717, 1.165) is 22.6 Å². The molecule has 5 heteroatoms. The van der Waals surface area contributed by atoms with E-state index in [1.807, 2.05) is 35.9 Å². The van der Waals surface area contributed by atoms with Crippen molar-refractivity contribution in [3.8, 4) is 0 Å². The molecule has 1 amide bonds. The van der Waals surface area contributed by atoms with E-state index in [2.05, 4.69) is 24.3 Å². The summed E-state index contributed by atoms with van der Waals surface area (Å²) in [6.45, 7) is 6.09. The molecule has 1 aromatic heterocycles. The standard InChI is InChI=1S/C16H18ClN3O/c1-9(2)20-16-15(10(3)19-20)12(8-14(21)18-16)11-6-4-5-7-13(11)17/h4-7,9,12H,8H2,1-3H3,(H,18,21). The van der Waals surface area contributed by atoms with Gasteiger partial charge in [0.15, 0.2) is 0 Å². The molecule has 1 atom stereocenters. The molecule has 110 valence electrons. The first-order valence-corrected chi connectivity index (χ1v) is 7.50. The van der Waals surface area contributed by atoms with Crippen LogP contribution in [0.4, 0.5) is 5.82 Å². The van der Waals surface area contributed by atoms with Gasteiger partial charge in [-0.15, -0.1) is 0 Å². The van der Waals surface area contributed by atoms with Gasteiger partial charge in [-0.05, 0) is 32.4 Å². The highest BCUT2D eigenvalue weighted by Gasteiger charge is 2.33. The van der Waals surface area contributed by atoms with Gasteiger partial charge in [-0.1, -0.05) is 29.8 Å². The molecule has 0 spiro atoms. The molecule has 0 saturated carbocycles. The molecule has 0 radical (unpaired) electrons. The second-order valence-corrected chi connectivity index (χ2v) is 6.12.